The van der Waals surface area contributed by atoms with Gasteiger partial charge < -0.3 is 24.6 Å². The molecule has 1 saturated heterocycles. The van der Waals surface area contributed by atoms with Gasteiger partial charge in [0.15, 0.2) is 11.6 Å². The fourth-order valence-electron chi connectivity index (χ4n) is 4.63. The second-order valence-electron chi connectivity index (χ2n) is 8.23. The molecule has 2 aliphatic rings. The molecule has 0 bridgehead atoms. The van der Waals surface area contributed by atoms with Crippen molar-refractivity contribution in [1.82, 2.24) is 15.1 Å². The van der Waals surface area contributed by atoms with E-state index in [4.69, 9.17) is 9.83 Å². The molecule has 1 aliphatic carbocycles. The summed E-state index contributed by atoms with van der Waals surface area (Å²) in [6, 6.07) is 11.3. The largest absolute Gasteiger partial charge is 0.472 e. The van der Waals surface area contributed by atoms with E-state index in [1.54, 1.807) is 17.4 Å². The van der Waals surface area contributed by atoms with Crippen LogP contribution in [-0.2, 0) is 16.9 Å². The first-order chi connectivity index (χ1) is 14.6. The number of carbonyl (C=O) groups excluding carboxylic acids is 1. The van der Waals surface area contributed by atoms with Gasteiger partial charge in [0, 0.05) is 44.2 Å². The Labute approximate surface area is 177 Å². The van der Waals surface area contributed by atoms with Crippen LogP contribution in [-0.4, -0.2) is 53.0 Å². The normalized spacial score (nSPS) is 19.5. The average Bonchev–Trinajstić information content (AvgIpc) is 3.52. The molecule has 1 aromatic carbocycles. The Bertz CT molecular complexity index is 841. The zero-order valence-electron chi connectivity index (χ0n) is 17.2. The molecule has 0 radical (unpaired) electrons. The Balaban J connectivity index is 1.40. The lowest BCUT2D eigenvalue weighted by Crippen LogP contribution is -2.58. The molecule has 1 amide bonds. The maximum atomic E-state index is 13.5. The number of amides is 1. The van der Waals surface area contributed by atoms with E-state index in [2.05, 4.69) is 5.32 Å². The quantitative estimate of drug-likeness (QED) is 0.520. The van der Waals surface area contributed by atoms with Crippen LogP contribution in [0.5, 0.6) is 0 Å². The summed E-state index contributed by atoms with van der Waals surface area (Å²) in [5, 5.41) is 23.1. The summed E-state index contributed by atoms with van der Waals surface area (Å²) in [7, 11) is 0. The van der Waals surface area contributed by atoms with E-state index in [1.165, 1.54) is 0 Å². The minimum absolute atomic E-state index is 0.0413. The molecule has 2 aromatic rings. The smallest absolute Gasteiger partial charge is 0.259 e. The van der Waals surface area contributed by atoms with Crippen LogP contribution in [0.3, 0.4) is 0 Å². The Hall–Kier alpha value is -2.80. The average molecular weight is 411 g/mol. The summed E-state index contributed by atoms with van der Waals surface area (Å²) < 4.78 is 5.05. The van der Waals surface area contributed by atoms with Gasteiger partial charge in [-0.1, -0.05) is 43.2 Å². The van der Waals surface area contributed by atoms with Gasteiger partial charge in [-0.15, -0.1) is 0 Å². The van der Waals surface area contributed by atoms with Gasteiger partial charge >= 0.3 is 0 Å². The van der Waals surface area contributed by atoms with Crippen molar-refractivity contribution < 1.29 is 14.3 Å². The van der Waals surface area contributed by atoms with Crippen LogP contribution in [0.2, 0.25) is 0 Å². The molecule has 1 aliphatic heterocycles. The lowest BCUT2D eigenvalue weighted by Gasteiger charge is -2.42. The highest BCUT2D eigenvalue weighted by Gasteiger charge is 2.48. The van der Waals surface area contributed by atoms with Crippen LogP contribution < -0.4 is 5.32 Å². The summed E-state index contributed by atoms with van der Waals surface area (Å²) in [5.74, 6) is 0.107. The van der Waals surface area contributed by atoms with Crippen LogP contribution in [0, 0.1) is 11.3 Å². The van der Waals surface area contributed by atoms with Gasteiger partial charge in [-0.05, 0) is 24.5 Å². The summed E-state index contributed by atoms with van der Waals surface area (Å²) in [4.78, 5) is 17.2. The van der Waals surface area contributed by atoms with Crippen molar-refractivity contribution in [3.63, 3.8) is 0 Å². The number of benzene rings is 1. The molecule has 30 heavy (non-hydrogen) atoms. The highest BCUT2D eigenvalue weighted by Crippen LogP contribution is 2.42. The van der Waals surface area contributed by atoms with Gasteiger partial charge in [-0.2, -0.15) is 0 Å². The molecule has 7 heteroatoms. The summed E-state index contributed by atoms with van der Waals surface area (Å²) in [5.41, 5.74) is 0.212. The fourth-order valence-corrected chi connectivity index (χ4v) is 4.63. The molecule has 4 rings (SSSR count). The van der Waals surface area contributed by atoms with Crippen LogP contribution in [0.4, 0.5) is 0 Å². The molecule has 7 nitrogen and oxygen atoms in total. The Kier molecular flexibility index (Phi) is 6.08. The lowest BCUT2D eigenvalue weighted by molar-refractivity contribution is -0.160. The summed E-state index contributed by atoms with van der Waals surface area (Å²) in [6.07, 6.45) is 7.13. The van der Waals surface area contributed by atoms with E-state index in [0.29, 0.717) is 44.2 Å². The Morgan fingerprint density at radius 3 is 2.40 bits per heavy atom. The predicted octanol–water partition coefficient (Wildman–Crippen LogP) is 2.53. The number of hydrogen-bond donors (Lipinski definition) is 3. The monoisotopic (exact) mass is 410 g/mol. The Morgan fingerprint density at radius 2 is 1.77 bits per heavy atom. The lowest BCUT2D eigenvalue weighted by atomic mass is 9.79. The van der Waals surface area contributed by atoms with Crippen LogP contribution >= 0.6 is 0 Å². The topological polar surface area (TPSA) is 92.8 Å². The molecule has 1 saturated carbocycles. The molecule has 1 atom stereocenters. The number of rotatable bonds is 5. The second kappa shape index (κ2) is 8.92. The first-order valence-corrected chi connectivity index (χ1v) is 10.7. The van der Waals surface area contributed by atoms with Gasteiger partial charge in [-0.25, -0.2) is 0 Å². The van der Waals surface area contributed by atoms with Crippen molar-refractivity contribution in [3.05, 3.63) is 60.1 Å². The van der Waals surface area contributed by atoms with Crippen molar-refractivity contribution in [1.29, 1.82) is 5.41 Å². The van der Waals surface area contributed by atoms with Crippen molar-refractivity contribution in [2.45, 2.75) is 37.8 Å². The standard InChI is InChI=1S/C23H30N4O3/c24-22(25-16-18-10-15-30-17-18)27-13-11-26(12-14-27)21(28)23(29,20-8-4-5-9-20)19-6-2-1-3-7-19/h1-3,6-7,10,15,17,20,29H,4-5,8-9,11-14,16H2,(H2,24,25)/t23-/m0/s1. The number of nitrogens with zero attached hydrogens (tertiary/aromatic N) is 2. The molecular formula is C23H30N4O3. The zero-order valence-corrected chi connectivity index (χ0v) is 17.2. The predicted molar refractivity (Wildman–Crippen MR) is 114 cm³/mol. The van der Waals surface area contributed by atoms with Crippen molar-refractivity contribution >= 4 is 11.9 Å². The maximum Gasteiger partial charge on any atom is 0.259 e. The van der Waals surface area contributed by atoms with E-state index in [1.807, 2.05) is 41.3 Å². The second-order valence-corrected chi connectivity index (χ2v) is 8.23. The van der Waals surface area contributed by atoms with Gasteiger partial charge in [0.2, 0.25) is 0 Å². The van der Waals surface area contributed by atoms with E-state index in [-0.39, 0.29) is 11.8 Å². The minimum atomic E-state index is -1.47. The van der Waals surface area contributed by atoms with E-state index in [0.717, 1.165) is 31.2 Å². The third kappa shape index (κ3) is 4.07. The van der Waals surface area contributed by atoms with Crippen molar-refractivity contribution in [2.24, 2.45) is 5.92 Å². The maximum absolute atomic E-state index is 13.5. The first kappa shape index (κ1) is 20.5. The van der Waals surface area contributed by atoms with E-state index >= 15 is 0 Å². The molecule has 1 aromatic heterocycles. The van der Waals surface area contributed by atoms with Gasteiger partial charge in [0.05, 0.1) is 12.5 Å². The van der Waals surface area contributed by atoms with Crippen LogP contribution in [0.25, 0.3) is 0 Å². The van der Waals surface area contributed by atoms with Crippen LogP contribution in [0.15, 0.2) is 53.3 Å². The third-order valence-electron chi connectivity index (χ3n) is 6.41. The van der Waals surface area contributed by atoms with E-state index < -0.39 is 5.60 Å². The number of furan rings is 1. The van der Waals surface area contributed by atoms with Crippen LogP contribution in [0.1, 0.15) is 36.8 Å². The summed E-state index contributed by atoms with van der Waals surface area (Å²) >= 11 is 0. The number of hydrogen-bond acceptors (Lipinski definition) is 4. The van der Waals surface area contributed by atoms with E-state index in [9.17, 15) is 9.90 Å². The zero-order chi connectivity index (χ0) is 21.0. The number of piperazine rings is 1. The Morgan fingerprint density at radius 1 is 1.10 bits per heavy atom. The molecule has 2 heterocycles. The molecular weight excluding hydrogens is 380 g/mol. The highest BCUT2D eigenvalue weighted by atomic mass is 16.3. The molecule has 0 unspecified atom stereocenters. The number of carbonyl (C=O) groups is 1. The number of guanidine groups is 1. The molecule has 3 N–H and O–H groups in total. The van der Waals surface area contributed by atoms with Gasteiger partial charge in [-0.3, -0.25) is 10.2 Å². The van der Waals surface area contributed by atoms with Crippen molar-refractivity contribution in [3.8, 4) is 0 Å². The van der Waals surface area contributed by atoms with Gasteiger partial charge in [0.1, 0.15) is 0 Å². The number of nitrogens with one attached hydrogen (secondary N) is 2. The number of aliphatic hydroxyl groups is 1. The molecule has 160 valence electrons. The van der Waals surface area contributed by atoms with Gasteiger partial charge in [0.25, 0.3) is 5.91 Å². The highest BCUT2D eigenvalue weighted by molar-refractivity contribution is 5.87. The third-order valence-corrected chi connectivity index (χ3v) is 6.41. The molecule has 2 fully saturated rings. The SMILES string of the molecule is N=C(NCc1ccoc1)N1CCN(C(=O)[C@](O)(c2ccccc2)C2CCCC2)CC1. The van der Waals surface area contributed by atoms with Crippen molar-refractivity contribution in [2.75, 3.05) is 26.2 Å². The fraction of sp³-hybridized carbons (Fsp3) is 0.478. The first-order valence-electron chi connectivity index (χ1n) is 10.7. The summed E-state index contributed by atoms with van der Waals surface area (Å²) in [6.45, 7) is 2.66. The minimum Gasteiger partial charge on any atom is -0.472 e. The molecule has 0 spiro atoms.